The van der Waals surface area contributed by atoms with E-state index in [9.17, 15) is 4.79 Å². The molecule has 0 aliphatic heterocycles. The van der Waals surface area contributed by atoms with Gasteiger partial charge in [-0.05, 0) is 34.9 Å². The number of rotatable bonds is 7. The molecule has 1 unspecified atom stereocenters. The minimum atomic E-state index is -0.792. The van der Waals surface area contributed by atoms with E-state index in [0.717, 1.165) is 0 Å². The third-order valence-electron chi connectivity index (χ3n) is 3.98. The van der Waals surface area contributed by atoms with Crippen LogP contribution in [0.1, 0.15) is 30.1 Å². The summed E-state index contributed by atoms with van der Waals surface area (Å²) in [6.45, 7) is 2.06. The first kappa shape index (κ1) is 17.7. The molecule has 4 aromatic rings. The molecule has 2 aromatic heterocycles. The van der Waals surface area contributed by atoms with Gasteiger partial charge in [0.25, 0.3) is 0 Å². The van der Waals surface area contributed by atoms with Gasteiger partial charge in [-0.1, -0.05) is 35.5 Å². The van der Waals surface area contributed by atoms with Gasteiger partial charge in [-0.15, -0.1) is 0 Å². The van der Waals surface area contributed by atoms with E-state index in [1.165, 1.54) is 0 Å². The molecule has 9 nitrogen and oxygen atoms in total. The van der Waals surface area contributed by atoms with Crippen LogP contribution in [0.15, 0.2) is 57.7 Å². The second-order valence-corrected chi connectivity index (χ2v) is 5.85. The molecule has 0 amide bonds. The smallest absolute Gasteiger partial charge is 0.323 e. The van der Waals surface area contributed by atoms with Crippen LogP contribution >= 0.6 is 0 Å². The van der Waals surface area contributed by atoms with Crippen molar-refractivity contribution < 1.29 is 23.4 Å². The predicted molar refractivity (Wildman–Crippen MR) is 95.4 cm³/mol. The third-order valence-corrected chi connectivity index (χ3v) is 3.98. The van der Waals surface area contributed by atoms with Crippen molar-refractivity contribution in [2.24, 2.45) is 0 Å². The fourth-order valence-electron chi connectivity index (χ4n) is 2.69. The normalized spacial score (nSPS) is 12.0. The predicted octanol–water partition coefficient (Wildman–Crippen LogP) is 2.88. The number of esters is 1. The minimum absolute atomic E-state index is 0.0601. The first-order valence-electron chi connectivity index (χ1n) is 8.64. The number of carbonyl (C=O) groups excluding carboxylic acids is 1. The van der Waals surface area contributed by atoms with Crippen LogP contribution < -0.4 is 4.74 Å². The standard InChI is InChI=1S/C19H16N4O5/c1-2-25-19(24)17(12-6-4-3-5-7-12)18-20-16(23-27-18)11-26-13-8-9-14-15(10-13)22-28-21-14/h3-10,17H,2,11H2,1H3. The molecule has 9 heteroatoms. The maximum absolute atomic E-state index is 12.4. The number of carbonyl (C=O) groups is 1. The van der Waals surface area contributed by atoms with E-state index < -0.39 is 11.9 Å². The molecule has 0 spiro atoms. The quantitative estimate of drug-likeness (QED) is 0.446. The van der Waals surface area contributed by atoms with Gasteiger partial charge in [-0.2, -0.15) is 4.98 Å². The molecule has 28 heavy (non-hydrogen) atoms. The Hall–Kier alpha value is -3.75. The lowest BCUT2D eigenvalue weighted by Crippen LogP contribution is -2.17. The molecule has 2 aromatic carbocycles. The maximum atomic E-state index is 12.4. The van der Waals surface area contributed by atoms with Crippen molar-refractivity contribution in [2.75, 3.05) is 6.61 Å². The van der Waals surface area contributed by atoms with Gasteiger partial charge >= 0.3 is 5.97 Å². The number of aromatic nitrogens is 4. The van der Waals surface area contributed by atoms with Crippen molar-refractivity contribution in [3.05, 3.63) is 65.8 Å². The van der Waals surface area contributed by atoms with E-state index in [4.69, 9.17) is 14.0 Å². The average Bonchev–Trinajstić information content (AvgIpc) is 3.37. The summed E-state index contributed by atoms with van der Waals surface area (Å²) in [6.07, 6.45) is 0. The van der Waals surface area contributed by atoms with Gasteiger partial charge < -0.3 is 14.0 Å². The largest absolute Gasteiger partial charge is 0.485 e. The molecule has 0 fully saturated rings. The number of benzene rings is 2. The van der Waals surface area contributed by atoms with Crippen LogP contribution in [0.5, 0.6) is 5.75 Å². The second kappa shape index (κ2) is 7.87. The zero-order valence-corrected chi connectivity index (χ0v) is 14.9. The Morgan fingerprint density at radius 3 is 2.71 bits per heavy atom. The van der Waals surface area contributed by atoms with E-state index in [-0.39, 0.29) is 19.1 Å². The zero-order chi connectivity index (χ0) is 19.3. The molecular formula is C19H16N4O5. The van der Waals surface area contributed by atoms with Crippen molar-refractivity contribution in [3.63, 3.8) is 0 Å². The van der Waals surface area contributed by atoms with Gasteiger partial charge in [0.1, 0.15) is 16.8 Å². The lowest BCUT2D eigenvalue weighted by atomic mass is 9.99. The van der Waals surface area contributed by atoms with Gasteiger partial charge in [-0.3, -0.25) is 4.79 Å². The SMILES string of the molecule is CCOC(=O)C(c1ccccc1)c1nc(COc2ccc3nonc3c2)no1. The number of nitrogens with zero attached hydrogens (tertiary/aromatic N) is 4. The van der Waals surface area contributed by atoms with Crippen LogP contribution in [-0.2, 0) is 16.1 Å². The number of fused-ring (bicyclic) bond motifs is 1. The van der Waals surface area contributed by atoms with Crippen LogP contribution in [0.4, 0.5) is 0 Å². The van der Waals surface area contributed by atoms with Crippen molar-refractivity contribution in [2.45, 2.75) is 19.4 Å². The molecule has 142 valence electrons. The Morgan fingerprint density at radius 1 is 1.07 bits per heavy atom. The van der Waals surface area contributed by atoms with Crippen molar-refractivity contribution in [1.82, 2.24) is 20.5 Å². The molecule has 0 bridgehead atoms. The summed E-state index contributed by atoms with van der Waals surface area (Å²) in [6, 6.07) is 14.3. The molecular weight excluding hydrogens is 364 g/mol. The molecule has 0 saturated heterocycles. The van der Waals surface area contributed by atoms with E-state index in [2.05, 4.69) is 25.1 Å². The molecule has 2 heterocycles. The van der Waals surface area contributed by atoms with Crippen molar-refractivity contribution >= 4 is 17.0 Å². The summed E-state index contributed by atoms with van der Waals surface area (Å²) in [7, 11) is 0. The Labute approximate surface area is 159 Å². The summed E-state index contributed by atoms with van der Waals surface area (Å²) in [5, 5.41) is 11.4. The van der Waals surface area contributed by atoms with Gasteiger partial charge in [0, 0.05) is 6.07 Å². The topological polar surface area (TPSA) is 113 Å². The Kier molecular flexibility index (Phi) is 4.96. The molecule has 0 aliphatic rings. The molecule has 0 saturated carbocycles. The van der Waals surface area contributed by atoms with Gasteiger partial charge in [-0.25, -0.2) is 4.63 Å². The molecule has 1 atom stereocenters. The van der Waals surface area contributed by atoms with Crippen LogP contribution in [-0.4, -0.2) is 33.0 Å². The molecule has 4 rings (SSSR count). The number of hydrogen-bond donors (Lipinski definition) is 0. The number of ether oxygens (including phenoxy) is 2. The fourth-order valence-corrected chi connectivity index (χ4v) is 2.69. The van der Waals surface area contributed by atoms with E-state index in [0.29, 0.717) is 28.2 Å². The highest BCUT2D eigenvalue weighted by atomic mass is 16.6. The zero-order valence-electron chi connectivity index (χ0n) is 14.9. The second-order valence-electron chi connectivity index (χ2n) is 5.85. The highest BCUT2D eigenvalue weighted by Gasteiger charge is 2.30. The fraction of sp³-hybridized carbons (Fsp3) is 0.211. The first-order valence-corrected chi connectivity index (χ1v) is 8.64. The van der Waals surface area contributed by atoms with E-state index in [1.807, 2.05) is 30.3 Å². The monoisotopic (exact) mass is 380 g/mol. The summed E-state index contributed by atoms with van der Waals surface area (Å²) in [5.74, 6) is -0.230. The van der Waals surface area contributed by atoms with Gasteiger partial charge in [0.2, 0.25) is 11.7 Å². The number of hydrogen-bond acceptors (Lipinski definition) is 9. The van der Waals surface area contributed by atoms with E-state index in [1.54, 1.807) is 25.1 Å². The van der Waals surface area contributed by atoms with Crippen molar-refractivity contribution in [1.29, 1.82) is 0 Å². The lowest BCUT2D eigenvalue weighted by molar-refractivity contribution is -0.144. The first-order chi connectivity index (χ1) is 13.7. The third kappa shape index (κ3) is 3.68. The average molecular weight is 380 g/mol. The maximum Gasteiger partial charge on any atom is 0.323 e. The molecule has 0 radical (unpaired) electrons. The summed E-state index contributed by atoms with van der Waals surface area (Å²) in [5.41, 5.74) is 1.92. The van der Waals surface area contributed by atoms with Crippen LogP contribution in [0.25, 0.3) is 11.0 Å². The Morgan fingerprint density at radius 2 is 1.89 bits per heavy atom. The van der Waals surface area contributed by atoms with Gasteiger partial charge in [0.15, 0.2) is 12.5 Å². The van der Waals surface area contributed by atoms with Gasteiger partial charge in [0.05, 0.1) is 6.61 Å². The minimum Gasteiger partial charge on any atom is -0.485 e. The Bertz CT molecular complexity index is 1080. The lowest BCUT2D eigenvalue weighted by Gasteiger charge is -2.11. The summed E-state index contributed by atoms with van der Waals surface area (Å²) in [4.78, 5) is 16.7. The van der Waals surface area contributed by atoms with Crippen LogP contribution in [0, 0.1) is 0 Å². The Balaban J connectivity index is 1.51. The summed E-state index contributed by atoms with van der Waals surface area (Å²) < 4.78 is 20.8. The van der Waals surface area contributed by atoms with Crippen LogP contribution in [0.2, 0.25) is 0 Å². The molecule has 0 N–H and O–H groups in total. The summed E-state index contributed by atoms with van der Waals surface area (Å²) >= 11 is 0. The van der Waals surface area contributed by atoms with Crippen LogP contribution in [0.3, 0.4) is 0 Å². The van der Waals surface area contributed by atoms with E-state index >= 15 is 0 Å². The van der Waals surface area contributed by atoms with Crippen molar-refractivity contribution in [3.8, 4) is 5.75 Å². The molecule has 0 aliphatic carbocycles. The highest BCUT2D eigenvalue weighted by Crippen LogP contribution is 2.25. The highest BCUT2D eigenvalue weighted by molar-refractivity contribution is 5.80.